The molecule has 0 unspecified atom stereocenters. The van der Waals surface area contributed by atoms with Gasteiger partial charge in [-0.2, -0.15) is 0 Å². The van der Waals surface area contributed by atoms with Gasteiger partial charge in [0.1, 0.15) is 17.3 Å². The van der Waals surface area contributed by atoms with Crippen molar-refractivity contribution >= 4 is 17.5 Å². The summed E-state index contributed by atoms with van der Waals surface area (Å²) < 4.78 is 45.9. The number of amides is 2. The first-order valence-electron chi connectivity index (χ1n) is 12.7. The molecule has 1 saturated heterocycles. The van der Waals surface area contributed by atoms with E-state index in [-0.39, 0.29) is 23.0 Å². The molecule has 1 saturated carbocycles. The van der Waals surface area contributed by atoms with Crippen molar-refractivity contribution in [2.45, 2.75) is 38.0 Å². The molecule has 0 radical (unpaired) electrons. The summed E-state index contributed by atoms with van der Waals surface area (Å²) in [6.45, 7) is 1.58. The second-order valence-corrected chi connectivity index (χ2v) is 9.81. The highest BCUT2D eigenvalue weighted by molar-refractivity contribution is 6.04. The molecule has 3 aromatic rings. The van der Waals surface area contributed by atoms with Gasteiger partial charge >= 0.3 is 0 Å². The predicted molar refractivity (Wildman–Crippen MR) is 136 cm³/mol. The number of hydrogen-bond acceptors (Lipinski definition) is 4. The summed E-state index contributed by atoms with van der Waals surface area (Å²) in [7, 11) is 0. The van der Waals surface area contributed by atoms with Gasteiger partial charge in [-0.3, -0.25) is 14.6 Å². The van der Waals surface area contributed by atoms with Crippen LogP contribution >= 0.6 is 0 Å². The number of carbonyl (C=O) groups is 2. The first-order chi connectivity index (χ1) is 18.4. The van der Waals surface area contributed by atoms with Crippen LogP contribution in [0.5, 0.6) is 5.75 Å². The molecule has 1 aliphatic heterocycles. The predicted octanol–water partition coefficient (Wildman–Crippen LogP) is 6.22. The molecule has 5 rings (SSSR count). The molecule has 2 aromatic carbocycles. The third-order valence-electron chi connectivity index (χ3n) is 7.04. The van der Waals surface area contributed by atoms with Crippen LogP contribution in [0, 0.1) is 11.7 Å². The van der Waals surface area contributed by atoms with Gasteiger partial charge < -0.3 is 15.0 Å². The summed E-state index contributed by atoms with van der Waals surface area (Å²) in [6.07, 6.45) is 2.24. The molecule has 38 heavy (non-hydrogen) atoms. The quantitative estimate of drug-likeness (QED) is 0.381. The Balaban J connectivity index is 1.14. The number of ether oxygens (including phenoxy) is 1. The highest BCUT2D eigenvalue weighted by atomic mass is 19.3. The van der Waals surface area contributed by atoms with E-state index in [2.05, 4.69) is 10.3 Å². The van der Waals surface area contributed by atoms with Gasteiger partial charge in [0.05, 0.1) is 12.2 Å². The van der Waals surface area contributed by atoms with E-state index < -0.39 is 23.8 Å². The molecule has 2 fully saturated rings. The standard InChI is InChI=1S/C29H28F3N3O3/c30-25-16-23(38-17-18-1-2-18)7-8-24(25)28(36)34-22-5-3-19(4-6-22)20-10-13-35(14-11-20)29(37)21-9-12-33-26(15-21)27(31)32/h3-9,12,15-16,18,20,27H,1-2,10-11,13-14,17H2,(H,34,36). The van der Waals surface area contributed by atoms with Crippen LogP contribution in [0.15, 0.2) is 60.8 Å². The highest BCUT2D eigenvalue weighted by Gasteiger charge is 2.26. The number of alkyl halides is 2. The van der Waals surface area contributed by atoms with E-state index >= 15 is 0 Å². The number of likely N-dealkylation sites (tertiary alicyclic amines) is 1. The van der Waals surface area contributed by atoms with Gasteiger partial charge in [0.25, 0.3) is 18.2 Å². The summed E-state index contributed by atoms with van der Waals surface area (Å²) in [5.41, 5.74) is 1.37. The van der Waals surface area contributed by atoms with Crippen LogP contribution in [0.4, 0.5) is 18.9 Å². The molecule has 2 amide bonds. The number of carbonyl (C=O) groups excluding carboxylic acids is 2. The molecule has 1 aliphatic carbocycles. The summed E-state index contributed by atoms with van der Waals surface area (Å²) in [5.74, 6) is -0.261. The molecule has 1 N–H and O–H groups in total. The zero-order valence-corrected chi connectivity index (χ0v) is 20.7. The number of rotatable bonds is 8. The number of benzene rings is 2. The third-order valence-corrected chi connectivity index (χ3v) is 7.04. The molecular weight excluding hydrogens is 495 g/mol. The number of nitrogens with zero attached hydrogens (tertiary/aromatic N) is 2. The van der Waals surface area contributed by atoms with Crippen molar-refractivity contribution in [1.29, 1.82) is 0 Å². The Morgan fingerprint density at radius 3 is 2.39 bits per heavy atom. The van der Waals surface area contributed by atoms with Gasteiger partial charge in [0.15, 0.2) is 0 Å². The fraction of sp³-hybridized carbons (Fsp3) is 0.345. The first-order valence-corrected chi connectivity index (χ1v) is 12.7. The maximum absolute atomic E-state index is 14.5. The molecule has 2 aliphatic rings. The maximum atomic E-state index is 14.5. The van der Waals surface area contributed by atoms with Gasteiger partial charge in [-0.05, 0) is 79.5 Å². The maximum Gasteiger partial charge on any atom is 0.280 e. The van der Waals surface area contributed by atoms with Gasteiger partial charge in [-0.1, -0.05) is 12.1 Å². The molecule has 0 spiro atoms. The zero-order valence-electron chi connectivity index (χ0n) is 20.7. The molecule has 0 bridgehead atoms. The average molecular weight is 524 g/mol. The van der Waals surface area contributed by atoms with Gasteiger partial charge in [0.2, 0.25) is 0 Å². The van der Waals surface area contributed by atoms with Crippen LogP contribution in [-0.2, 0) is 0 Å². The Morgan fingerprint density at radius 2 is 1.74 bits per heavy atom. The topological polar surface area (TPSA) is 71.5 Å². The van der Waals surface area contributed by atoms with E-state index in [9.17, 15) is 22.8 Å². The second kappa shape index (κ2) is 11.2. The van der Waals surface area contributed by atoms with Crippen LogP contribution in [0.3, 0.4) is 0 Å². The van der Waals surface area contributed by atoms with Crippen molar-refractivity contribution in [2.75, 3.05) is 25.0 Å². The Bertz CT molecular complexity index is 1300. The Kier molecular flexibility index (Phi) is 7.62. The van der Waals surface area contributed by atoms with Crippen LogP contribution in [-0.4, -0.2) is 41.4 Å². The SMILES string of the molecule is O=C(Nc1ccc(C2CCN(C(=O)c3ccnc(C(F)F)c3)CC2)cc1)c1ccc(OCC2CC2)cc1F. The van der Waals surface area contributed by atoms with E-state index in [4.69, 9.17) is 4.74 Å². The minimum atomic E-state index is -2.72. The normalized spacial score (nSPS) is 15.9. The van der Waals surface area contributed by atoms with Crippen molar-refractivity contribution in [3.63, 3.8) is 0 Å². The van der Waals surface area contributed by atoms with Gasteiger partial charge in [0, 0.05) is 36.6 Å². The summed E-state index contributed by atoms with van der Waals surface area (Å²) in [6, 6.07) is 14.3. The van der Waals surface area contributed by atoms with Crippen LogP contribution in [0.2, 0.25) is 0 Å². The van der Waals surface area contributed by atoms with E-state index in [1.54, 1.807) is 23.1 Å². The van der Waals surface area contributed by atoms with Crippen molar-refractivity contribution in [3.05, 3.63) is 89.0 Å². The minimum absolute atomic E-state index is 0.0558. The minimum Gasteiger partial charge on any atom is -0.493 e. The largest absolute Gasteiger partial charge is 0.493 e. The molecule has 1 aromatic heterocycles. The lowest BCUT2D eigenvalue weighted by molar-refractivity contribution is 0.0712. The van der Waals surface area contributed by atoms with E-state index in [1.165, 1.54) is 24.4 Å². The monoisotopic (exact) mass is 523 g/mol. The first kappa shape index (κ1) is 25.8. The van der Waals surface area contributed by atoms with E-state index in [0.717, 1.165) is 37.3 Å². The lowest BCUT2D eigenvalue weighted by atomic mass is 9.89. The van der Waals surface area contributed by atoms with E-state index in [0.29, 0.717) is 37.1 Å². The molecule has 198 valence electrons. The highest BCUT2D eigenvalue weighted by Crippen LogP contribution is 2.31. The number of hydrogen-bond donors (Lipinski definition) is 1. The Morgan fingerprint density at radius 1 is 1.00 bits per heavy atom. The van der Waals surface area contributed by atoms with Crippen LogP contribution < -0.4 is 10.1 Å². The van der Waals surface area contributed by atoms with Gasteiger partial charge in [-0.15, -0.1) is 0 Å². The van der Waals surface area contributed by atoms with Crippen molar-refractivity contribution in [3.8, 4) is 5.75 Å². The van der Waals surface area contributed by atoms with Gasteiger partial charge in [-0.25, -0.2) is 13.2 Å². The Labute approximate surface area is 218 Å². The van der Waals surface area contributed by atoms with Crippen molar-refractivity contribution in [2.24, 2.45) is 5.92 Å². The van der Waals surface area contributed by atoms with Crippen molar-refractivity contribution < 1.29 is 27.5 Å². The number of aromatic nitrogens is 1. The second-order valence-electron chi connectivity index (χ2n) is 9.81. The number of pyridine rings is 1. The number of nitrogens with one attached hydrogen (secondary N) is 1. The van der Waals surface area contributed by atoms with E-state index in [1.807, 2.05) is 12.1 Å². The summed E-state index contributed by atoms with van der Waals surface area (Å²) in [5, 5.41) is 2.73. The third kappa shape index (κ3) is 6.15. The van der Waals surface area contributed by atoms with Crippen molar-refractivity contribution in [1.82, 2.24) is 9.88 Å². The molecular formula is C29H28F3N3O3. The fourth-order valence-electron chi connectivity index (χ4n) is 4.60. The lowest BCUT2D eigenvalue weighted by Gasteiger charge is -2.32. The molecule has 0 atom stereocenters. The molecule has 2 heterocycles. The van der Waals surface area contributed by atoms with Crippen LogP contribution in [0.25, 0.3) is 0 Å². The van der Waals surface area contributed by atoms with Crippen LogP contribution in [0.1, 0.15) is 70.0 Å². The number of halogens is 3. The number of anilines is 1. The molecule has 9 heteroatoms. The lowest BCUT2D eigenvalue weighted by Crippen LogP contribution is -2.38. The average Bonchev–Trinajstić information content (AvgIpc) is 3.77. The number of piperidine rings is 1. The summed E-state index contributed by atoms with van der Waals surface area (Å²) >= 11 is 0. The Hall–Kier alpha value is -3.88. The summed E-state index contributed by atoms with van der Waals surface area (Å²) in [4.78, 5) is 30.7. The smallest absolute Gasteiger partial charge is 0.280 e. The fourth-order valence-corrected chi connectivity index (χ4v) is 4.60. The zero-order chi connectivity index (χ0) is 26.6. The molecule has 6 nitrogen and oxygen atoms in total.